The third kappa shape index (κ3) is 5.33. The molecule has 2 atom stereocenters. The molecule has 1 aromatic heterocycles. The molecule has 0 bridgehead atoms. The molecule has 3 N–H and O–H groups in total. The van der Waals surface area contributed by atoms with E-state index in [2.05, 4.69) is 19.2 Å². The lowest BCUT2D eigenvalue weighted by atomic mass is 10.1. The quantitative estimate of drug-likeness (QED) is 0.712. The van der Waals surface area contributed by atoms with Gasteiger partial charge in [0, 0.05) is 25.0 Å². The van der Waals surface area contributed by atoms with Crippen LogP contribution in [0.25, 0.3) is 0 Å². The second-order valence-electron chi connectivity index (χ2n) is 4.50. The van der Waals surface area contributed by atoms with E-state index in [9.17, 15) is 0 Å². The predicted molar refractivity (Wildman–Crippen MR) is 67.4 cm³/mol. The van der Waals surface area contributed by atoms with Gasteiger partial charge in [-0.2, -0.15) is 0 Å². The van der Waals surface area contributed by atoms with Gasteiger partial charge in [0.05, 0.1) is 6.26 Å². The first-order valence-electron chi connectivity index (χ1n) is 6.23. The summed E-state index contributed by atoms with van der Waals surface area (Å²) in [4.78, 5) is 0. The van der Waals surface area contributed by atoms with E-state index in [0.29, 0.717) is 6.04 Å². The van der Waals surface area contributed by atoms with Crippen molar-refractivity contribution in [3.8, 4) is 0 Å². The molecule has 0 amide bonds. The van der Waals surface area contributed by atoms with Crippen LogP contribution in [0.4, 0.5) is 0 Å². The highest BCUT2D eigenvalue weighted by molar-refractivity contribution is 4.99. The Morgan fingerprint density at radius 3 is 2.94 bits per heavy atom. The summed E-state index contributed by atoms with van der Waals surface area (Å²) in [6, 6.07) is 4.63. The van der Waals surface area contributed by atoms with Gasteiger partial charge in [-0.3, -0.25) is 0 Å². The van der Waals surface area contributed by atoms with E-state index in [1.165, 1.54) is 12.8 Å². The first-order valence-corrected chi connectivity index (χ1v) is 6.23. The van der Waals surface area contributed by atoms with E-state index in [4.69, 9.17) is 10.2 Å². The van der Waals surface area contributed by atoms with Crippen molar-refractivity contribution in [3.05, 3.63) is 24.2 Å². The van der Waals surface area contributed by atoms with Crippen LogP contribution in [-0.2, 0) is 6.42 Å². The molecule has 0 radical (unpaired) electrons. The Hall–Kier alpha value is -0.800. The number of hydrogen-bond acceptors (Lipinski definition) is 3. The van der Waals surface area contributed by atoms with Crippen molar-refractivity contribution >= 4 is 0 Å². The molecule has 92 valence electrons. The molecule has 16 heavy (non-hydrogen) atoms. The summed E-state index contributed by atoms with van der Waals surface area (Å²) in [5.41, 5.74) is 6.00. The highest BCUT2D eigenvalue weighted by atomic mass is 16.3. The molecule has 3 heteroatoms. The van der Waals surface area contributed by atoms with Crippen LogP contribution in [-0.4, -0.2) is 18.6 Å². The van der Waals surface area contributed by atoms with Gasteiger partial charge in [-0.15, -0.1) is 0 Å². The lowest BCUT2D eigenvalue weighted by molar-refractivity contribution is 0.435. The van der Waals surface area contributed by atoms with Crippen molar-refractivity contribution < 1.29 is 4.42 Å². The second-order valence-corrected chi connectivity index (χ2v) is 4.50. The highest BCUT2D eigenvalue weighted by Gasteiger charge is 2.07. The molecular weight excluding hydrogens is 200 g/mol. The molecule has 0 aromatic carbocycles. The van der Waals surface area contributed by atoms with Gasteiger partial charge in [0.2, 0.25) is 0 Å². The molecule has 3 nitrogen and oxygen atoms in total. The van der Waals surface area contributed by atoms with Crippen LogP contribution >= 0.6 is 0 Å². The van der Waals surface area contributed by atoms with Crippen LogP contribution in [0.15, 0.2) is 22.8 Å². The average Bonchev–Trinajstić information content (AvgIpc) is 2.76. The summed E-state index contributed by atoms with van der Waals surface area (Å²) in [5.74, 6) is 1.03. The minimum Gasteiger partial charge on any atom is -0.469 e. The number of furan rings is 1. The third-order valence-corrected chi connectivity index (χ3v) is 2.74. The lowest BCUT2D eigenvalue weighted by Gasteiger charge is -2.16. The van der Waals surface area contributed by atoms with Crippen molar-refractivity contribution in [1.82, 2.24) is 5.32 Å². The maximum atomic E-state index is 6.00. The zero-order chi connectivity index (χ0) is 11.8. The first kappa shape index (κ1) is 13.3. The van der Waals surface area contributed by atoms with Crippen LogP contribution in [0.1, 0.15) is 38.9 Å². The van der Waals surface area contributed by atoms with E-state index in [-0.39, 0.29) is 6.04 Å². The molecule has 1 aromatic rings. The Morgan fingerprint density at radius 1 is 1.50 bits per heavy atom. The zero-order valence-electron chi connectivity index (χ0n) is 10.4. The molecule has 0 saturated carbocycles. The summed E-state index contributed by atoms with van der Waals surface area (Å²) < 4.78 is 5.30. The third-order valence-electron chi connectivity index (χ3n) is 2.74. The normalized spacial score (nSPS) is 14.9. The van der Waals surface area contributed by atoms with E-state index in [1.54, 1.807) is 6.26 Å². The Balaban J connectivity index is 2.12. The van der Waals surface area contributed by atoms with E-state index < -0.39 is 0 Å². The van der Waals surface area contributed by atoms with Crippen molar-refractivity contribution in [1.29, 1.82) is 0 Å². The Kier molecular flexibility index (Phi) is 6.19. The summed E-state index contributed by atoms with van der Waals surface area (Å²) in [6.07, 6.45) is 6.19. The SMILES string of the molecule is CCCCC(N)CNC(C)Cc1ccco1. The standard InChI is InChI=1S/C13H24N2O/c1-3-4-6-12(14)10-15-11(2)9-13-7-5-8-16-13/h5,7-8,11-12,15H,3-4,6,9-10,14H2,1-2H3. The number of nitrogens with two attached hydrogens (primary N) is 1. The predicted octanol–water partition coefficient (Wildman–Crippen LogP) is 2.32. The van der Waals surface area contributed by atoms with Crippen molar-refractivity contribution in [2.45, 2.75) is 51.6 Å². The maximum Gasteiger partial charge on any atom is 0.105 e. The minimum absolute atomic E-state index is 0.277. The van der Waals surface area contributed by atoms with Crippen LogP contribution in [0.3, 0.4) is 0 Å². The Bertz CT molecular complexity index is 259. The van der Waals surface area contributed by atoms with Gasteiger partial charge in [0.25, 0.3) is 0 Å². The van der Waals surface area contributed by atoms with Crippen LogP contribution < -0.4 is 11.1 Å². The van der Waals surface area contributed by atoms with E-state index >= 15 is 0 Å². The topological polar surface area (TPSA) is 51.2 Å². The summed E-state index contributed by atoms with van der Waals surface area (Å²) in [6.45, 7) is 5.25. The fourth-order valence-corrected chi connectivity index (χ4v) is 1.72. The smallest absolute Gasteiger partial charge is 0.105 e. The first-order chi connectivity index (χ1) is 7.72. The zero-order valence-corrected chi connectivity index (χ0v) is 10.4. The van der Waals surface area contributed by atoms with Gasteiger partial charge >= 0.3 is 0 Å². The molecule has 0 fully saturated rings. The molecule has 0 spiro atoms. The van der Waals surface area contributed by atoms with Crippen LogP contribution in [0.2, 0.25) is 0 Å². The second kappa shape index (κ2) is 7.47. The van der Waals surface area contributed by atoms with Gasteiger partial charge in [-0.1, -0.05) is 19.8 Å². The van der Waals surface area contributed by atoms with Gasteiger partial charge in [-0.25, -0.2) is 0 Å². The van der Waals surface area contributed by atoms with Gasteiger partial charge in [0.1, 0.15) is 5.76 Å². The highest BCUT2D eigenvalue weighted by Crippen LogP contribution is 2.04. The number of unbranched alkanes of at least 4 members (excludes halogenated alkanes) is 1. The van der Waals surface area contributed by atoms with Gasteiger partial charge in [0.15, 0.2) is 0 Å². The molecule has 0 aliphatic rings. The fourth-order valence-electron chi connectivity index (χ4n) is 1.72. The van der Waals surface area contributed by atoms with E-state index in [1.807, 2.05) is 12.1 Å². The van der Waals surface area contributed by atoms with Crippen LogP contribution in [0, 0.1) is 0 Å². The average molecular weight is 224 g/mol. The maximum absolute atomic E-state index is 6.00. The molecule has 2 unspecified atom stereocenters. The molecule has 0 aliphatic heterocycles. The summed E-state index contributed by atoms with van der Waals surface area (Å²) in [5, 5.41) is 3.44. The number of rotatable bonds is 8. The van der Waals surface area contributed by atoms with Crippen molar-refractivity contribution in [3.63, 3.8) is 0 Å². The monoisotopic (exact) mass is 224 g/mol. The fraction of sp³-hybridized carbons (Fsp3) is 0.692. The number of hydrogen-bond donors (Lipinski definition) is 2. The summed E-state index contributed by atoms with van der Waals surface area (Å²) in [7, 11) is 0. The minimum atomic E-state index is 0.277. The summed E-state index contributed by atoms with van der Waals surface area (Å²) >= 11 is 0. The van der Waals surface area contributed by atoms with Crippen molar-refractivity contribution in [2.24, 2.45) is 5.73 Å². The largest absolute Gasteiger partial charge is 0.469 e. The molecule has 1 rings (SSSR count). The molecule has 0 aliphatic carbocycles. The van der Waals surface area contributed by atoms with Crippen LogP contribution in [0.5, 0.6) is 0 Å². The van der Waals surface area contributed by atoms with Crippen molar-refractivity contribution in [2.75, 3.05) is 6.54 Å². The van der Waals surface area contributed by atoms with E-state index in [0.717, 1.165) is 25.1 Å². The molecular formula is C13H24N2O. The van der Waals surface area contributed by atoms with Gasteiger partial charge in [-0.05, 0) is 25.5 Å². The Morgan fingerprint density at radius 2 is 2.31 bits per heavy atom. The Labute approximate surface area is 98.4 Å². The molecule has 0 saturated heterocycles. The lowest BCUT2D eigenvalue weighted by Crippen LogP contribution is -2.39. The molecule has 1 heterocycles. The number of nitrogens with one attached hydrogen (secondary N) is 1. The van der Waals surface area contributed by atoms with Gasteiger partial charge < -0.3 is 15.5 Å².